The minimum Gasteiger partial charge on any atom is -0.488 e. The number of carbonyl (C=O) groups excluding carboxylic acids is 2. The number of alkyl carbamates (subject to hydrolysis) is 1. The quantitative estimate of drug-likeness (QED) is 0.113. The highest BCUT2D eigenvalue weighted by molar-refractivity contribution is 7.90. The van der Waals surface area contributed by atoms with Crippen LogP contribution in [0.2, 0.25) is 0 Å². The molecule has 0 saturated carbocycles. The summed E-state index contributed by atoms with van der Waals surface area (Å²) in [7, 11) is -4.05. The summed E-state index contributed by atoms with van der Waals surface area (Å²) in [5.74, 6) is 0.711. The fraction of sp³-hybridized carbons (Fsp3) is 0.295. The number of para-hydroxylation sites is 1. The number of amides is 2. The zero-order chi connectivity index (χ0) is 43.0. The number of aromatic nitrogens is 5. The molecule has 312 valence electrons. The maximum atomic E-state index is 13.7. The fourth-order valence-electron chi connectivity index (χ4n) is 6.67. The minimum atomic E-state index is -4.05. The molecule has 7 rings (SSSR count). The lowest BCUT2D eigenvalue weighted by Crippen LogP contribution is -2.43. The molecule has 1 atom stereocenters. The van der Waals surface area contributed by atoms with E-state index in [1.165, 1.54) is 24.6 Å². The Kier molecular flexibility index (Phi) is 11.2. The molecule has 0 spiro atoms. The third-order valence-electron chi connectivity index (χ3n) is 9.29. The van der Waals surface area contributed by atoms with Gasteiger partial charge in [-0.1, -0.05) is 36.4 Å². The van der Waals surface area contributed by atoms with Crippen LogP contribution in [-0.2, 0) is 25.9 Å². The van der Waals surface area contributed by atoms with E-state index < -0.39 is 39.5 Å². The van der Waals surface area contributed by atoms with Crippen LogP contribution in [0.3, 0.4) is 0 Å². The number of hydrogen-bond donors (Lipinski definition) is 3. The number of aryl methyl sites for hydroxylation is 2. The van der Waals surface area contributed by atoms with Crippen LogP contribution in [-0.4, -0.2) is 68.6 Å². The first kappa shape index (κ1) is 41.5. The molecule has 5 heterocycles. The number of anilines is 1. The molecular weight excluding hydrogens is 787 g/mol. The monoisotopic (exact) mass is 833 g/mol. The van der Waals surface area contributed by atoms with Crippen molar-refractivity contribution in [1.29, 1.82) is 0 Å². The fourth-order valence-corrected chi connectivity index (χ4v) is 8.00. The number of furan rings is 1. The molecule has 7 aromatic rings. The summed E-state index contributed by atoms with van der Waals surface area (Å²) in [6.07, 6.45) is 3.83. The second-order valence-corrected chi connectivity index (χ2v) is 18.1. The highest BCUT2D eigenvalue weighted by atomic mass is 32.2. The molecular formula is C44H47N7O8S. The van der Waals surface area contributed by atoms with Gasteiger partial charge in [0, 0.05) is 33.6 Å². The van der Waals surface area contributed by atoms with Gasteiger partial charge in [0.25, 0.3) is 10.0 Å². The molecule has 0 fully saturated rings. The van der Waals surface area contributed by atoms with Crippen molar-refractivity contribution < 1.29 is 36.6 Å². The van der Waals surface area contributed by atoms with Crippen molar-refractivity contribution in [3.05, 3.63) is 108 Å². The molecule has 0 aliphatic carbocycles. The Balaban J connectivity index is 1.33. The van der Waals surface area contributed by atoms with Crippen LogP contribution in [0.25, 0.3) is 44.3 Å². The lowest BCUT2D eigenvalue weighted by Gasteiger charge is -2.25. The predicted octanol–water partition coefficient (Wildman–Crippen LogP) is 8.95. The van der Waals surface area contributed by atoms with Crippen molar-refractivity contribution in [1.82, 2.24) is 29.5 Å². The second-order valence-electron chi connectivity index (χ2n) is 16.3. The first-order valence-corrected chi connectivity index (χ1v) is 20.7. The molecule has 1 unspecified atom stereocenters. The molecule has 2 amide bonds. The number of aromatic amines is 1. The van der Waals surface area contributed by atoms with Crippen molar-refractivity contribution in [2.45, 2.75) is 84.0 Å². The van der Waals surface area contributed by atoms with E-state index >= 15 is 0 Å². The van der Waals surface area contributed by atoms with Crippen LogP contribution in [0.5, 0.6) is 5.75 Å². The number of ether oxygens (including phenoxy) is 3. The van der Waals surface area contributed by atoms with Crippen LogP contribution in [0.4, 0.5) is 15.4 Å². The van der Waals surface area contributed by atoms with Crippen LogP contribution in [0.1, 0.15) is 58.6 Å². The topological polar surface area (TPSA) is 193 Å². The third-order valence-corrected chi connectivity index (χ3v) is 10.9. The van der Waals surface area contributed by atoms with Gasteiger partial charge in [0.05, 0.1) is 40.5 Å². The first-order chi connectivity index (χ1) is 28.4. The molecule has 0 aliphatic rings. The third kappa shape index (κ3) is 9.13. The number of nitrogens with zero attached hydrogens (tertiary/aromatic N) is 4. The summed E-state index contributed by atoms with van der Waals surface area (Å²) in [6.45, 7) is 14.0. The average Bonchev–Trinajstić information content (AvgIpc) is 3.89. The zero-order valence-corrected chi connectivity index (χ0v) is 35.4. The van der Waals surface area contributed by atoms with Gasteiger partial charge >= 0.3 is 12.2 Å². The standard InChI is InChI=1S/C44H47N7O8S/c1-26-33-21-36(46-24-37(33)51(50-26)60(54,55)30-14-10-9-11-15-30)34-22-38(40(49-42(53)59-44(6,7)8)48-39(34)31-18-19-56-27(31)2)57-25-29(47-41(52)58-43(3,4)5)20-28-23-45-35-17-13-12-16-32(28)35/h9-19,21-24,29,45H,20,25H2,1-8H3,(H,47,52)(H,48,49,53). The molecule has 0 bridgehead atoms. The van der Waals surface area contributed by atoms with E-state index in [4.69, 9.17) is 28.6 Å². The Bertz CT molecular complexity index is 2810. The molecule has 0 aliphatic heterocycles. The van der Waals surface area contributed by atoms with Gasteiger partial charge in [-0.15, -0.1) is 0 Å². The number of pyridine rings is 2. The van der Waals surface area contributed by atoms with Crippen molar-refractivity contribution in [3.63, 3.8) is 0 Å². The predicted molar refractivity (Wildman–Crippen MR) is 227 cm³/mol. The number of fused-ring (bicyclic) bond motifs is 2. The van der Waals surface area contributed by atoms with E-state index in [1.807, 2.05) is 30.5 Å². The normalized spacial score (nSPS) is 12.7. The van der Waals surface area contributed by atoms with Crippen molar-refractivity contribution in [2.75, 3.05) is 11.9 Å². The highest BCUT2D eigenvalue weighted by Crippen LogP contribution is 2.39. The molecule has 60 heavy (non-hydrogen) atoms. The van der Waals surface area contributed by atoms with Crippen LogP contribution >= 0.6 is 0 Å². The van der Waals surface area contributed by atoms with Gasteiger partial charge in [0.15, 0.2) is 11.6 Å². The molecule has 0 saturated heterocycles. The maximum absolute atomic E-state index is 13.7. The number of carbonyl (C=O) groups is 2. The largest absolute Gasteiger partial charge is 0.488 e. The molecule has 2 aromatic carbocycles. The van der Waals surface area contributed by atoms with Crippen LogP contribution < -0.4 is 15.4 Å². The lowest BCUT2D eigenvalue weighted by atomic mass is 10.0. The van der Waals surface area contributed by atoms with Gasteiger partial charge in [0.2, 0.25) is 0 Å². The van der Waals surface area contributed by atoms with Crippen molar-refractivity contribution in [2.24, 2.45) is 0 Å². The summed E-state index contributed by atoms with van der Waals surface area (Å²) < 4.78 is 51.9. The summed E-state index contributed by atoms with van der Waals surface area (Å²) in [6, 6.07) is 20.4. The SMILES string of the molecule is Cc1occc1-c1nc(NC(=O)OC(C)(C)C)c(OCC(Cc2c[nH]c3ccccc23)NC(=O)OC(C)(C)C)cc1-c1cc2c(C)nn(S(=O)(=O)c3ccccc3)c2cn1. The minimum absolute atomic E-state index is 0.0331. The van der Waals surface area contributed by atoms with E-state index in [0.717, 1.165) is 20.6 Å². The summed E-state index contributed by atoms with van der Waals surface area (Å²) in [4.78, 5) is 39.6. The van der Waals surface area contributed by atoms with Crippen molar-refractivity contribution >= 4 is 49.8 Å². The van der Waals surface area contributed by atoms with Crippen LogP contribution in [0.15, 0.2) is 101 Å². The van der Waals surface area contributed by atoms with E-state index in [1.54, 1.807) is 91.8 Å². The highest BCUT2D eigenvalue weighted by Gasteiger charge is 2.27. The number of H-pyrrole nitrogens is 1. The molecule has 15 nitrogen and oxygen atoms in total. The molecule has 5 aromatic heterocycles. The number of hydrogen-bond acceptors (Lipinski definition) is 11. The number of benzene rings is 2. The van der Waals surface area contributed by atoms with Gasteiger partial charge in [0.1, 0.15) is 29.1 Å². The van der Waals surface area contributed by atoms with E-state index in [0.29, 0.717) is 45.8 Å². The van der Waals surface area contributed by atoms with Gasteiger partial charge in [-0.3, -0.25) is 10.3 Å². The number of nitrogens with one attached hydrogen (secondary N) is 3. The van der Waals surface area contributed by atoms with E-state index in [2.05, 4.69) is 20.7 Å². The van der Waals surface area contributed by atoms with E-state index in [9.17, 15) is 18.0 Å². The number of rotatable bonds is 11. The Labute approximate surface area is 347 Å². The first-order valence-electron chi connectivity index (χ1n) is 19.3. The van der Waals surface area contributed by atoms with Gasteiger partial charge < -0.3 is 28.9 Å². The Hall–Kier alpha value is -6.68. The Morgan fingerprint density at radius 1 is 0.883 bits per heavy atom. The van der Waals surface area contributed by atoms with E-state index in [-0.39, 0.29) is 28.6 Å². The van der Waals surface area contributed by atoms with Crippen LogP contribution in [0, 0.1) is 13.8 Å². The van der Waals surface area contributed by atoms with Gasteiger partial charge in [-0.25, -0.2) is 14.6 Å². The van der Waals surface area contributed by atoms with Gasteiger partial charge in [-0.2, -0.15) is 17.6 Å². The average molecular weight is 834 g/mol. The summed E-state index contributed by atoms with van der Waals surface area (Å²) in [5.41, 5.74) is 2.90. The summed E-state index contributed by atoms with van der Waals surface area (Å²) >= 11 is 0. The zero-order valence-electron chi connectivity index (χ0n) is 34.6. The smallest absolute Gasteiger partial charge is 0.413 e. The summed E-state index contributed by atoms with van der Waals surface area (Å²) in [5, 5.41) is 11.7. The van der Waals surface area contributed by atoms with Gasteiger partial charge in [-0.05, 0) is 104 Å². The lowest BCUT2D eigenvalue weighted by molar-refractivity contribution is 0.0487. The Morgan fingerprint density at radius 2 is 1.58 bits per heavy atom. The Morgan fingerprint density at radius 3 is 2.28 bits per heavy atom. The maximum Gasteiger partial charge on any atom is 0.413 e. The molecule has 3 N–H and O–H groups in total. The molecule has 0 radical (unpaired) electrons. The molecule has 16 heteroatoms. The van der Waals surface area contributed by atoms with Crippen molar-refractivity contribution in [3.8, 4) is 28.3 Å². The second kappa shape index (κ2) is 16.2.